The van der Waals surface area contributed by atoms with Crippen LogP contribution < -0.4 is 0 Å². The number of benzene rings is 2. The van der Waals surface area contributed by atoms with Crippen LogP contribution in [0, 0.1) is 5.92 Å². The molecule has 0 radical (unpaired) electrons. The van der Waals surface area contributed by atoms with E-state index in [2.05, 4.69) is 101 Å². The summed E-state index contributed by atoms with van der Waals surface area (Å²) in [5, 5.41) is 0. The van der Waals surface area contributed by atoms with Crippen LogP contribution in [0.5, 0.6) is 0 Å². The molecule has 2 aromatic rings. The van der Waals surface area contributed by atoms with Crippen LogP contribution in [0.1, 0.15) is 93.9 Å². The molecule has 5 rings (SSSR count). The number of hydrogen-bond donors (Lipinski definition) is 0. The van der Waals surface area contributed by atoms with Crippen LogP contribution in [-0.2, 0) is 6.42 Å². The van der Waals surface area contributed by atoms with Crippen LogP contribution >= 0.6 is 0 Å². The van der Waals surface area contributed by atoms with Gasteiger partial charge in [-0.1, -0.05) is 125 Å². The minimum Gasteiger partial charge on any atom is -0.0955 e. The van der Waals surface area contributed by atoms with Gasteiger partial charge in [0.1, 0.15) is 0 Å². The van der Waals surface area contributed by atoms with Gasteiger partial charge in [-0.15, -0.1) is 0 Å². The molecule has 3 atom stereocenters. The minimum atomic E-state index is 0.293. The molecule has 37 heavy (non-hydrogen) atoms. The van der Waals surface area contributed by atoms with Crippen LogP contribution in [0.15, 0.2) is 113 Å². The summed E-state index contributed by atoms with van der Waals surface area (Å²) < 4.78 is 0. The lowest BCUT2D eigenvalue weighted by Gasteiger charge is -2.34. The summed E-state index contributed by atoms with van der Waals surface area (Å²) >= 11 is 0. The first-order valence-corrected chi connectivity index (χ1v) is 14.4. The number of allylic oxidation sites excluding steroid dienone is 10. The van der Waals surface area contributed by atoms with Gasteiger partial charge < -0.3 is 0 Å². The van der Waals surface area contributed by atoms with Gasteiger partial charge >= 0.3 is 0 Å². The fraction of sp³-hybridized carbons (Fsp3) is 0.351. The molecule has 0 bridgehead atoms. The third-order valence-electron chi connectivity index (χ3n) is 8.71. The highest BCUT2D eigenvalue weighted by atomic mass is 14.4. The highest BCUT2D eigenvalue weighted by Crippen LogP contribution is 2.55. The third-order valence-corrected chi connectivity index (χ3v) is 8.71. The SMILES string of the molecule is C=C(CCC)C1=C(C)C=C2CC(=CC3=CC(CCC)c4ccccc43)C(=C)C2C1c1ccc(CC)cc1. The van der Waals surface area contributed by atoms with Gasteiger partial charge in [0.15, 0.2) is 0 Å². The standard InChI is InChI=1S/C37H42/c1-7-12-24(4)35-25(5)20-32-23-30(22-31-21-29(13-8-2)33-14-10-11-15-34(31)33)26(6)36(32)37(35)28-18-16-27(9-3)17-19-28/h10-11,14-22,29,36-37H,4,6-9,12-13,23H2,1-3,5H3. The van der Waals surface area contributed by atoms with Crippen molar-refractivity contribution in [3.05, 3.63) is 136 Å². The van der Waals surface area contributed by atoms with E-state index < -0.39 is 0 Å². The maximum atomic E-state index is 4.76. The predicted molar refractivity (Wildman–Crippen MR) is 161 cm³/mol. The quantitative estimate of drug-likeness (QED) is 0.348. The van der Waals surface area contributed by atoms with E-state index in [9.17, 15) is 0 Å². The van der Waals surface area contributed by atoms with Crippen molar-refractivity contribution in [2.45, 2.75) is 78.1 Å². The van der Waals surface area contributed by atoms with Crippen molar-refractivity contribution in [2.75, 3.05) is 0 Å². The molecule has 0 N–H and O–H groups in total. The average molecular weight is 487 g/mol. The van der Waals surface area contributed by atoms with Crippen LogP contribution in [0.25, 0.3) is 5.57 Å². The number of aryl methyl sites for hydroxylation is 1. The van der Waals surface area contributed by atoms with E-state index in [0.29, 0.717) is 17.8 Å². The number of fused-ring (bicyclic) bond motifs is 2. The largest absolute Gasteiger partial charge is 0.0955 e. The first-order valence-electron chi connectivity index (χ1n) is 14.4. The van der Waals surface area contributed by atoms with Crippen LogP contribution in [0.3, 0.4) is 0 Å². The molecule has 0 amide bonds. The predicted octanol–water partition coefficient (Wildman–Crippen LogP) is 10.4. The van der Waals surface area contributed by atoms with Gasteiger partial charge in [-0.3, -0.25) is 0 Å². The van der Waals surface area contributed by atoms with Crippen molar-refractivity contribution in [3.8, 4) is 0 Å². The van der Waals surface area contributed by atoms with E-state index in [-0.39, 0.29) is 0 Å². The molecular weight excluding hydrogens is 444 g/mol. The molecule has 3 aliphatic rings. The second kappa shape index (κ2) is 10.7. The Morgan fingerprint density at radius 2 is 1.73 bits per heavy atom. The molecule has 3 unspecified atom stereocenters. The minimum absolute atomic E-state index is 0.293. The molecule has 1 saturated carbocycles. The summed E-state index contributed by atoms with van der Waals surface area (Å²) in [4.78, 5) is 0. The van der Waals surface area contributed by atoms with Gasteiger partial charge in [-0.05, 0) is 82.7 Å². The van der Waals surface area contributed by atoms with Crippen LogP contribution in [-0.4, -0.2) is 0 Å². The first kappa shape index (κ1) is 25.5. The summed E-state index contributed by atoms with van der Waals surface area (Å²) in [7, 11) is 0. The average Bonchev–Trinajstić information content (AvgIpc) is 3.40. The lowest BCUT2D eigenvalue weighted by Crippen LogP contribution is -2.21. The van der Waals surface area contributed by atoms with Crippen molar-refractivity contribution < 1.29 is 0 Å². The smallest absolute Gasteiger partial charge is 0.0201 e. The first-order chi connectivity index (χ1) is 18.0. The fourth-order valence-electron chi connectivity index (χ4n) is 6.93. The van der Waals surface area contributed by atoms with Crippen molar-refractivity contribution >= 4 is 5.57 Å². The van der Waals surface area contributed by atoms with Gasteiger partial charge in [0.05, 0.1) is 0 Å². The van der Waals surface area contributed by atoms with Gasteiger partial charge in [-0.2, -0.15) is 0 Å². The molecule has 0 aromatic heterocycles. The Labute approximate surface area is 224 Å². The van der Waals surface area contributed by atoms with Gasteiger partial charge in [0.25, 0.3) is 0 Å². The zero-order valence-electron chi connectivity index (χ0n) is 23.2. The highest BCUT2D eigenvalue weighted by Gasteiger charge is 2.41. The van der Waals surface area contributed by atoms with Crippen molar-refractivity contribution in [2.24, 2.45) is 5.92 Å². The molecule has 3 aliphatic carbocycles. The van der Waals surface area contributed by atoms with E-state index in [4.69, 9.17) is 6.58 Å². The van der Waals surface area contributed by atoms with E-state index in [0.717, 1.165) is 25.7 Å². The summed E-state index contributed by atoms with van der Waals surface area (Å²) in [6.07, 6.45) is 14.1. The molecule has 0 heterocycles. The summed E-state index contributed by atoms with van der Waals surface area (Å²) in [5.74, 6) is 1.14. The summed E-state index contributed by atoms with van der Waals surface area (Å²) in [6, 6.07) is 18.3. The van der Waals surface area contributed by atoms with Crippen molar-refractivity contribution in [3.63, 3.8) is 0 Å². The number of rotatable bonds is 8. The topological polar surface area (TPSA) is 0 Å². The molecule has 190 valence electrons. The fourth-order valence-corrected chi connectivity index (χ4v) is 6.93. The van der Waals surface area contributed by atoms with Crippen LogP contribution in [0.2, 0.25) is 0 Å². The van der Waals surface area contributed by atoms with Gasteiger partial charge in [0.2, 0.25) is 0 Å². The highest BCUT2D eigenvalue weighted by molar-refractivity contribution is 5.83. The van der Waals surface area contributed by atoms with E-state index >= 15 is 0 Å². The Morgan fingerprint density at radius 1 is 0.973 bits per heavy atom. The molecular formula is C37H42. The Morgan fingerprint density at radius 3 is 2.43 bits per heavy atom. The van der Waals surface area contributed by atoms with E-state index in [1.807, 2.05) is 0 Å². The lowest BCUT2D eigenvalue weighted by atomic mass is 9.69. The monoisotopic (exact) mass is 486 g/mol. The zero-order chi connectivity index (χ0) is 26.1. The zero-order valence-corrected chi connectivity index (χ0v) is 23.2. The molecule has 0 spiro atoms. The Balaban J connectivity index is 1.56. The van der Waals surface area contributed by atoms with Crippen LogP contribution in [0.4, 0.5) is 0 Å². The molecule has 0 aliphatic heterocycles. The Kier molecular flexibility index (Phi) is 7.38. The molecule has 0 saturated heterocycles. The van der Waals surface area contributed by atoms with Gasteiger partial charge in [0, 0.05) is 17.8 Å². The molecule has 0 nitrogen and oxygen atoms in total. The van der Waals surface area contributed by atoms with E-state index in [1.54, 1.807) is 0 Å². The summed E-state index contributed by atoms with van der Waals surface area (Å²) in [5.41, 5.74) is 15.4. The Hall–Kier alpha value is -3.12. The second-order valence-corrected chi connectivity index (χ2v) is 11.2. The maximum Gasteiger partial charge on any atom is 0.0201 e. The van der Waals surface area contributed by atoms with Crippen molar-refractivity contribution in [1.29, 1.82) is 0 Å². The molecule has 0 heteroatoms. The van der Waals surface area contributed by atoms with E-state index in [1.165, 1.54) is 74.1 Å². The van der Waals surface area contributed by atoms with Gasteiger partial charge in [-0.25, -0.2) is 0 Å². The normalized spacial score (nSPS) is 23.7. The van der Waals surface area contributed by atoms with Crippen molar-refractivity contribution in [1.82, 2.24) is 0 Å². The molecule has 2 aromatic carbocycles. The Bertz CT molecular complexity index is 1330. The third kappa shape index (κ3) is 4.68. The number of hydrogen-bond acceptors (Lipinski definition) is 0. The maximum absolute atomic E-state index is 4.76. The summed E-state index contributed by atoms with van der Waals surface area (Å²) in [6.45, 7) is 18.4. The molecule has 1 fully saturated rings. The lowest BCUT2D eigenvalue weighted by molar-refractivity contribution is 0.619. The second-order valence-electron chi connectivity index (χ2n) is 11.2.